The molecule has 1 fully saturated rings. The molecule has 0 saturated carbocycles. The molecule has 0 spiro atoms. The lowest BCUT2D eigenvalue weighted by molar-refractivity contribution is 0.0490. The fraction of sp³-hybridized carbons (Fsp3) is 0.708. The van der Waals surface area contributed by atoms with Gasteiger partial charge >= 0.3 is 6.09 Å². The van der Waals surface area contributed by atoms with Crippen LogP contribution in [0.4, 0.5) is 4.79 Å². The van der Waals surface area contributed by atoms with Crippen molar-refractivity contribution in [2.24, 2.45) is 5.92 Å². The standard InChI is InChI=1S/C24H41N3O3/c1-7-8-19(2)18-29-21-11-9-20(10-12-21)22(27-15-13-26(6)14-16-27)17-25-23(28)30-24(3,4)5/h9-12,19,22H,7-8,13-18H2,1-6H3,(H,25,28)/t19?,22-/m1/s1. The van der Waals surface area contributed by atoms with E-state index in [1.165, 1.54) is 18.4 Å². The summed E-state index contributed by atoms with van der Waals surface area (Å²) >= 11 is 0. The topological polar surface area (TPSA) is 54.0 Å². The molecule has 170 valence electrons. The molecule has 1 aliphatic rings. The Bertz CT molecular complexity index is 634. The molecule has 6 heteroatoms. The number of nitrogens with one attached hydrogen (secondary N) is 1. The second kappa shape index (κ2) is 11.6. The van der Waals surface area contributed by atoms with Crippen LogP contribution >= 0.6 is 0 Å². The van der Waals surface area contributed by atoms with Crippen LogP contribution in [0.25, 0.3) is 0 Å². The minimum absolute atomic E-state index is 0.110. The van der Waals surface area contributed by atoms with E-state index in [1.54, 1.807) is 0 Å². The number of ether oxygens (including phenoxy) is 2. The van der Waals surface area contributed by atoms with Crippen molar-refractivity contribution in [2.75, 3.05) is 46.4 Å². The maximum absolute atomic E-state index is 12.2. The van der Waals surface area contributed by atoms with Crippen LogP contribution in [0.1, 0.15) is 59.1 Å². The van der Waals surface area contributed by atoms with E-state index in [9.17, 15) is 4.79 Å². The minimum Gasteiger partial charge on any atom is -0.493 e. The fourth-order valence-corrected chi connectivity index (χ4v) is 3.69. The summed E-state index contributed by atoms with van der Waals surface area (Å²) in [4.78, 5) is 17.0. The van der Waals surface area contributed by atoms with Crippen LogP contribution < -0.4 is 10.1 Å². The summed E-state index contributed by atoms with van der Waals surface area (Å²) < 4.78 is 11.4. The fourth-order valence-electron chi connectivity index (χ4n) is 3.69. The summed E-state index contributed by atoms with van der Waals surface area (Å²) in [5, 5.41) is 2.97. The van der Waals surface area contributed by atoms with Crippen molar-refractivity contribution in [2.45, 2.75) is 59.1 Å². The molecule has 0 radical (unpaired) electrons. The van der Waals surface area contributed by atoms with Gasteiger partial charge in [0.25, 0.3) is 0 Å². The van der Waals surface area contributed by atoms with E-state index in [2.05, 4.69) is 48.1 Å². The number of carbonyl (C=O) groups is 1. The van der Waals surface area contributed by atoms with E-state index in [1.807, 2.05) is 32.9 Å². The van der Waals surface area contributed by atoms with E-state index < -0.39 is 5.60 Å². The van der Waals surface area contributed by atoms with Gasteiger partial charge in [-0.15, -0.1) is 0 Å². The molecule has 0 aromatic heterocycles. The molecule has 1 aromatic rings. The number of alkyl carbamates (subject to hydrolysis) is 1. The zero-order valence-corrected chi connectivity index (χ0v) is 19.7. The molecule has 0 aliphatic carbocycles. The van der Waals surface area contributed by atoms with Crippen LogP contribution in [0.5, 0.6) is 5.75 Å². The Balaban J connectivity index is 2.03. The van der Waals surface area contributed by atoms with Crippen molar-refractivity contribution in [3.8, 4) is 5.75 Å². The zero-order valence-electron chi connectivity index (χ0n) is 19.7. The van der Waals surface area contributed by atoms with Gasteiger partial charge in [-0.25, -0.2) is 4.79 Å². The second-order valence-electron chi connectivity index (χ2n) is 9.51. The van der Waals surface area contributed by atoms with Crippen molar-refractivity contribution in [1.29, 1.82) is 0 Å². The third-order valence-electron chi connectivity index (χ3n) is 5.40. The molecule has 1 N–H and O–H groups in total. The molecule has 6 nitrogen and oxygen atoms in total. The number of nitrogens with zero attached hydrogens (tertiary/aromatic N) is 2. The molecule has 1 saturated heterocycles. The normalized spacial score (nSPS) is 17.9. The maximum atomic E-state index is 12.2. The molecule has 1 unspecified atom stereocenters. The van der Waals surface area contributed by atoms with Crippen LogP contribution in [0.15, 0.2) is 24.3 Å². The summed E-state index contributed by atoms with van der Waals surface area (Å²) in [6.07, 6.45) is 1.99. The van der Waals surface area contributed by atoms with E-state index in [4.69, 9.17) is 9.47 Å². The average molecular weight is 420 g/mol. The molecule has 1 aliphatic heterocycles. The van der Waals surface area contributed by atoms with E-state index in [0.29, 0.717) is 12.5 Å². The third-order valence-corrected chi connectivity index (χ3v) is 5.40. The Morgan fingerprint density at radius 1 is 1.13 bits per heavy atom. The summed E-state index contributed by atoms with van der Waals surface area (Å²) in [5.41, 5.74) is 0.686. The monoisotopic (exact) mass is 419 g/mol. The summed E-state index contributed by atoms with van der Waals surface area (Å²) in [6, 6.07) is 8.45. The van der Waals surface area contributed by atoms with Gasteiger partial charge in [0.1, 0.15) is 11.4 Å². The average Bonchev–Trinajstić information content (AvgIpc) is 2.67. The van der Waals surface area contributed by atoms with Crippen LogP contribution in [-0.4, -0.2) is 67.9 Å². The van der Waals surface area contributed by atoms with Crippen LogP contribution in [0, 0.1) is 5.92 Å². The number of hydrogen-bond acceptors (Lipinski definition) is 5. The lowest BCUT2D eigenvalue weighted by Crippen LogP contribution is -2.48. The molecule has 2 rings (SSSR count). The van der Waals surface area contributed by atoms with Crippen molar-refractivity contribution < 1.29 is 14.3 Å². The van der Waals surface area contributed by atoms with Gasteiger partial charge in [0.2, 0.25) is 0 Å². The van der Waals surface area contributed by atoms with Crippen molar-refractivity contribution in [1.82, 2.24) is 15.1 Å². The number of carbonyl (C=O) groups excluding carboxylic acids is 1. The highest BCUT2D eigenvalue weighted by Crippen LogP contribution is 2.24. The van der Waals surface area contributed by atoms with Gasteiger partial charge in [-0.1, -0.05) is 32.4 Å². The van der Waals surface area contributed by atoms with Gasteiger partial charge < -0.3 is 19.7 Å². The van der Waals surface area contributed by atoms with Gasteiger partial charge in [0, 0.05) is 32.7 Å². The first-order valence-electron chi connectivity index (χ1n) is 11.3. The Kier molecular flexibility index (Phi) is 9.43. The van der Waals surface area contributed by atoms with Crippen molar-refractivity contribution in [3.63, 3.8) is 0 Å². The number of rotatable bonds is 9. The first kappa shape index (κ1) is 24.5. The zero-order chi connectivity index (χ0) is 22.1. The predicted molar refractivity (Wildman–Crippen MR) is 122 cm³/mol. The van der Waals surface area contributed by atoms with Gasteiger partial charge in [-0.2, -0.15) is 0 Å². The highest BCUT2D eigenvalue weighted by Gasteiger charge is 2.25. The Hall–Kier alpha value is -1.79. The van der Waals surface area contributed by atoms with Gasteiger partial charge in [0.05, 0.1) is 12.6 Å². The summed E-state index contributed by atoms with van der Waals surface area (Å²) in [7, 11) is 2.15. The summed E-state index contributed by atoms with van der Waals surface area (Å²) in [5.74, 6) is 1.46. The summed E-state index contributed by atoms with van der Waals surface area (Å²) in [6.45, 7) is 15.3. The molecule has 2 atom stereocenters. The first-order valence-corrected chi connectivity index (χ1v) is 11.3. The number of hydrogen-bond donors (Lipinski definition) is 1. The minimum atomic E-state index is -0.499. The number of benzene rings is 1. The second-order valence-corrected chi connectivity index (χ2v) is 9.51. The lowest BCUT2D eigenvalue weighted by atomic mass is 10.0. The molecule has 0 bridgehead atoms. The highest BCUT2D eigenvalue weighted by molar-refractivity contribution is 5.67. The van der Waals surface area contributed by atoms with E-state index in [-0.39, 0.29) is 12.1 Å². The Morgan fingerprint density at radius 3 is 2.33 bits per heavy atom. The quantitative estimate of drug-likeness (QED) is 0.646. The van der Waals surface area contributed by atoms with Crippen LogP contribution in [-0.2, 0) is 4.74 Å². The molecular formula is C24H41N3O3. The van der Waals surface area contributed by atoms with E-state index >= 15 is 0 Å². The molecule has 1 amide bonds. The Labute approximate surface area is 182 Å². The maximum Gasteiger partial charge on any atom is 0.407 e. The lowest BCUT2D eigenvalue weighted by Gasteiger charge is -2.38. The van der Waals surface area contributed by atoms with Gasteiger partial charge in [-0.05, 0) is 57.9 Å². The number of amides is 1. The largest absolute Gasteiger partial charge is 0.493 e. The molecular weight excluding hydrogens is 378 g/mol. The first-order chi connectivity index (χ1) is 14.2. The van der Waals surface area contributed by atoms with Crippen LogP contribution in [0.3, 0.4) is 0 Å². The predicted octanol–water partition coefficient (Wildman–Crippen LogP) is 4.31. The van der Waals surface area contributed by atoms with Gasteiger partial charge in [0.15, 0.2) is 0 Å². The Morgan fingerprint density at radius 2 is 1.77 bits per heavy atom. The van der Waals surface area contributed by atoms with Gasteiger partial charge in [-0.3, -0.25) is 4.90 Å². The van der Waals surface area contributed by atoms with Crippen molar-refractivity contribution in [3.05, 3.63) is 29.8 Å². The SMILES string of the molecule is CCCC(C)COc1ccc([C@@H](CNC(=O)OC(C)(C)C)N2CCN(C)CC2)cc1. The van der Waals surface area contributed by atoms with Crippen molar-refractivity contribution >= 4 is 6.09 Å². The van der Waals surface area contributed by atoms with Crippen LogP contribution in [0.2, 0.25) is 0 Å². The molecule has 30 heavy (non-hydrogen) atoms. The smallest absolute Gasteiger partial charge is 0.407 e. The number of likely N-dealkylation sites (N-methyl/N-ethyl adjacent to an activating group) is 1. The molecule has 1 aromatic carbocycles. The molecule has 1 heterocycles. The number of piperazine rings is 1. The highest BCUT2D eigenvalue weighted by atomic mass is 16.6. The third kappa shape index (κ3) is 8.52. The van der Waals surface area contributed by atoms with E-state index in [0.717, 1.165) is 38.5 Å².